The van der Waals surface area contributed by atoms with Crippen LogP contribution in [0.2, 0.25) is 0 Å². The van der Waals surface area contributed by atoms with Crippen molar-refractivity contribution in [3.8, 4) is 0 Å². The second-order valence-electron chi connectivity index (χ2n) is 7.00. The summed E-state index contributed by atoms with van der Waals surface area (Å²) in [6.45, 7) is 3.38. The molecule has 1 aliphatic carbocycles. The van der Waals surface area contributed by atoms with Gasteiger partial charge in [0.1, 0.15) is 0 Å². The van der Waals surface area contributed by atoms with Crippen LogP contribution in [0.3, 0.4) is 0 Å². The number of benzene rings is 1. The number of nitrogens with zero attached hydrogens (tertiary/aromatic N) is 1. The van der Waals surface area contributed by atoms with Crippen LogP contribution >= 0.6 is 11.3 Å². The Morgan fingerprint density at radius 2 is 2.00 bits per heavy atom. The van der Waals surface area contributed by atoms with Gasteiger partial charge in [-0.1, -0.05) is 25.1 Å². The van der Waals surface area contributed by atoms with Gasteiger partial charge in [-0.3, -0.25) is 10.2 Å². The van der Waals surface area contributed by atoms with E-state index >= 15 is 0 Å². The first-order valence-corrected chi connectivity index (χ1v) is 10.1. The average Bonchev–Trinajstić information content (AvgIpc) is 3.10. The van der Waals surface area contributed by atoms with Crippen LogP contribution in [0.25, 0.3) is 0 Å². The number of hydrazine groups is 1. The summed E-state index contributed by atoms with van der Waals surface area (Å²) in [5.41, 5.74) is 7.27. The Morgan fingerprint density at radius 3 is 2.78 bits per heavy atom. The molecule has 144 valence electrons. The van der Waals surface area contributed by atoms with E-state index in [1.165, 1.54) is 28.2 Å². The zero-order valence-corrected chi connectivity index (χ0v) is 16.6. The normalized spacial score (nSPS) is 15.6. The number of urea groups is 1. The van der Waals surface area contributed by atoms with Gasteiger partial charge in [0.2, 0.25) is 0 Å². The lowest BCUT2D eigenvalue weighted by atomic mass is 9.90. The highest BCUT2D eigenvalue weighted by molar-refractivity contribution is 7.14. The number of rotatable bonds is 5. The van der Waals surface area contributed by atoms with E-state index in [1.807, 2.05) is 43.4 Å². The minimum atomic E-state index is -0.417. The van der Waals surface area contributed by atoms with E-state index in [1.54, 1.807) is 0 Å². The van der Waals surface area contributed by atoms with E-state index in [4.69, 9.17) is 0 Å². The van der Waals surface area contributed by atoms with Crippen molar-refractivity contribution < 1.29 is 9.59 Å². The fourth-order valence-corrected chi connectivity index (χ4v) is 4.29. The number of fused-ring (bicyclic) bond motifs is 1. The molecule has 3 amide bonds. The molecule has 0 spiro atoms. The second-order valence-corrected chi connectivity index (χ2v) is 8.14. The molecule has 1 aromatic heterocycles. The molecule has 1 aliphatic rings. The topological polar surface area (TPSA) is 73.5 Å². The van der Waals surface area contributed by atoms with Crippen molar-refractivity contribution in [1.29, 1.82) is 0 Å². The number of hydrogen-bond acceptors (Lipinski definition) is 4. The predicted molar refractivity (Wildman–Crippen MR) is 109 cm³/mol. The Bertz CT molecular complexity index is 791. The summed E-state index contributed by atoms with van der Waals surface area (Å²) in [6, 6.07) is 11.5. The zero-order valence-electron chi connectivity index (χ0n) is 15.7. The van der Waals surface area contributed by atoms with Crippen LogP contribution < -0.4 is 21.1 Å². The quantitative estimate of drug-likeness (QED) is 0.692. The highest BCUT2D eigenvalue weighted by Crippen LogP contribution is 2.32. The molecule has 1 heterocycles. The Hall–Kier alpha value is -2.54. The third-order valence-corrected chi connectivity index (χ3v) is 6.01. The number of amides is 3. The average molecular weight is 387 g/mol. The van der Waals surface area contributed by atoms with Crippen LogP contribution in [0, 0.1) is 5.92 Å². The van der Waals surface area contributed by atoms with Crippen LogP contribution in [-0.4, -0.2) is 32.1 Å². The van der Waals surface area contributed by atoms with Crippen molar-refractivity contribution >= 4 is 29.0 Å². The molecule has 1 aromatic carbocycles. The maximum Gasteiger partial charge on any atom is 0.333 e. The summed E-state index contributed by atoms with van der Waals surface area (Å²) in [7, 11) is 1.97. The molecule has 6 nitrogen and oxygen atoms in total. The van der Waals surface area contributed by atoms with Crippen molar-refractivity contribution in [2.75, 3.05) is 25.0 Å². The molecule has 1 unspecified atom stereocenters. The van der Waals surface area contributed by atoms with Crippen LogP contribution in [0.4, 0.5) is 10.5 Å². The van der Waals surface area contributed by atoms with E-state index in [-0.39, 0.29) is 5.91 Å². The Kier molecular flexibility index (Phi) is 6.34. The first-order valence-electron chi connectivity index (χ1n) is 9.25. The number of hydrogen-bond donors (Lipinski definition) is 3. The Morgan fingerprint density at radius 1 is 1.22 bits per heavy atom. The molecular weight excluding hydrogens is 360 g/mol. The molecule has 3 rings (SSSR count). The van der Waals surface area contributed by atoms with Gasteiger partial charge in [-0.05, 0) is 48.9 Å². The van der Waals surface area contributed by atoms with Crippen molar-refractivity contribution in [1.82, 2.24) is 16.2 Å². The molecule has 0 aliphatic heterocycles. The molecule has 7 heteroatoms. The van der Waals surface area contributed by atoms with Crippen LogP contribution in [0.1, 0.15) is 33.5 Å². The number of nitrogens with one attached hydrogen (secondary N) is 3. The van der Waals surface area contributed by atoms with Crippen LogP contribution in [0.5, 0.6) is 0 Å². The van der Waals surface area contributed by atoms with Gasteiger partial charge in [-0.15, -0.1) is 11.3 Å². The van der Waals surface area contributed by atoms with Gasteiger partial charge in [0.05, 0.1) is 4.88 Å². The van der Waals surface area contributed by atoms with E-state index < -0.39 is 6.03 Å². The van der Waals surface area contributed by atoms with Crippen molar-refractivity contribution in [2.45, 2.75) is 26.2 Å². The summed E-state index contributed by atoms with van der Waals surface area (Å²) in [5, 5.41) is 2.74. The molecule has 2 aromatic rings. The number of carbonyl (C=O) groups excluding carboxylic acids is 2. The number of thiophene rings is 1. The number of aryl methyl sites for hydroxylation is 1. The zero-order chi connectivity index (χ0) is 19.2. The molecular formula is C20H26N4O2S. The molecule has 0 saturated carbocycles. The third-order valence-electron chi connectivity index (χ3n) is 4.77. The van der Waals surface area contributed by atoms with Gasteiger partial charge in [-0.2, -0.15) is 0 Å². The molecule has 0 saturated heterocycles. The molecule has 1 atom stereocenters. The maximum atomic E-state index is 12.3. The first kappa shape index (κ1) is 19.2. The molecule has 3 N–H and O–H groups in total. The summed E-state index contributed by atoms with van der Waals surface area (Å²) < 4.78 is 0. The second kappa shape index (κ2) is 8.90. The van der Waals surface area contributed by atoms with Crippen molar-refractivity contribution in [3.05, 3.63) is 51.7 Å². The number of anilines is 1. The molecule has 0 fully saturated rings. The molecule has 27 heavy (non-hydrogen) atoms. The largest absolute Gasteiger partial charge is 0.373 e. The Balaban J connectivity index is 1.39. The molecule has 0 bridgehead atoms. The number of para-hydroxylation sites is 1. The van der Waals surface area contributed by atoms with Crippen LogP contribution in [-0.2, 0) is 12.8 Å². The predicted octanol–water partition coefficient (Wildman–Crippen LogP) is 2.95. The van der Waals surface area contributed by atoms with Crippen molar-refractivity contribution in [2.24, 2.45) is 5.92 Å². The monoisotopic (exact) mass is 386 g/mol. The van der Waals surface area contributed by atoms with Gasteiger partial charge in [0.25, 0.3) is 5.91 Å². The summed E-state index contributed by atoms with van der Waals surface area (Å²) in [4.78, 5) is 28.1. The van der Waals surface area contributed by atoms with Gasteiger partial charge < -0.3 is 10.2 Å². The maximum absolute atomic E-state index is 12.3. The van der Waals surface area contributed by atoms with E-state index in [0.29, 0.717) is 23.9 Å². The smallest absolute Gasteiger partial charge is 0.333 e. The van der Waals surface area contributed by atoms with Crippen LogP contribution in [0.15, 0.2) is 36.4 Å². The molecule has 0 radical (unpaired) electrons. The highest BCUT2D eigenvalue weighted by Gasteiger charge is 2.20. The minimum Gasteiger partial charge on any atom is -0.373 e. The Labute approximate surface area is 163 Å². The summed E-state index contributed by atoms with van der Waals surface area (Å²) >= 11 is 1.53. The summed E-state index contributed by atoms with van der Waals surface area (Å²) in [5.74, 6) is 0.402. The van der Waals surface area contributed by atoms with E-state index in [2.05, 4.69) is 28.0 Å². The minimum absolute atomic E-state index is 0.265. The first-order chi connectivity index (χ1) is 13.0. The van der Waals surface area contributed by atoms with E-state index in [9.17, 15) is 9.59 Å². The standard InChI is InChI=1S/C20H26N4O2S/c1-14-8-9-17-15(12-14)13-18(27-17)19(25)22-23-20(26)21-10-11-24(2)16-6-4-3-5-7-16/h3-7,13-14H,8-12H2,1-2H3,(H,22,25)(H2,21,23,26). The third kappa shape index (κ3) is 5.23. The van der Waals surface area contributed by atoms with Gasteiger partial charge >= 0.3 is 6.03 Å². The highest BCUT2D eigenvalue weighted by atomic mass is 32.1. The fourth-order valence-electron chi connectivity index (χ4n) is 3.19. The van der Waals surface area contributed by atoms with Gasteiger partial charge in [0.15, 0.2) is 0 Å². The lowest BCUT2D eigenvalue weighted by molar-refractivity contribution is 0.0940. The lowest BCUT2D eigenvalue weighted by Gasteiger charge is -2.19. The number of likely N-dealkylation sites (N-methyl/N-ethyl adjacent to an activating group) is 1. The fraction of sp³-hybridized carbons (Fsp3) is 0.400. The van der Waals surface area contributed by atoms with Crippen molar-refractivity contribution in [3.63, 3.8) is 0 Å². The lowest BCUT2D eigenvalue weighted by Crippen LogP contribution is -2.48. The van der Waals surface area contributed by atoms with Gasteiger partial charge in [-0.25, -0.2) is 10.2 Å². The summed E-state index contributed by atoms with van der Waals surface area (Å²) in [6.07, 6.45) is 3.24. The number of carbonyl (C=O) groups is 2. The van der Waals surface area contributed by atoms with E-state index in [0.717, 1.165) is 18.5 Å². The SMILES string of the molecule is CC1CCc2sc(C(=O)NNC(=O)NCCN(C)c3ccccc3)cc2C1. The van der Waals surface area contributed by atoms with Gasteiger partial charge in [0, 0.05) is 30.7 Å².